The summed E-state index contributed by atoms with van der Waals surface area (Å²) < 4.78 is 21.5. The number of carbonyl (C=O) groups excluding carboxylic acids is 6. The molecular formula is C36H40N8O10S2. The van der Waals surface area contributed by atoms with Gasteiger partial charge < -0.3 is 39.4 Å². The molecule has 56 heavy (non-hydrogen) atoms. The summed E-state index contributed by atoms with van der Waals surface area (Å²) in [4.78, 5) is 89.4. The highest BCUT2D eigenvalue weighted by Crippen LogP contribution is 2.34. The highest BCUT2D eigenvalue weighted by molar-refractivity contribution is 7.14. The number of rotatable bonds is 18. The molecule has 0 radical (unpaired) electrons. The second-order valence-corrected chi connectivity index (χ2v) is 13.7. The van der Waals surface area contributed by atoms with E-state index in [1.165, 1.54) is 61.4 Å². The van der Waals surface area contributed by atoms with Gasteiger partial charge in [0.05, 0.1) is 25.3 Å². The number of likely N-dealkylation sites (N-methyl/N-ethyl adjacent to an activating group) is 2. The molecule has 4 aromatic rings. The molecule has 296 valence electrons. The molecule has 0 aliphatic rings. The molecule has 2 aromatic heterocycles. The Balaban J connectivity index is 1.42. The Morgan fingerprint density at radius 3 is 1.38 bits per heavy atom. The Morgan fingerprint density at radius 2 is 1.02 bits per heavy atom. The molecule has 0 spiro atoms. The molecule has 0 saturated heterocycles. The van der Waals surface area contributed by atoms with E-state index in [0.717, 1.165) is 34.8 Å². The van der Waals surface area contributed by atoms with Gasteiger partial charge in [-0.2, -0.15) is 0 Å². The SMILES string of the molecule is COc1cccc(C(=O)Nc2nc(C(=O)NCCN(C)C)cs2)c1OC(=O)/C=C\C(=O)Oc1c(OC)cccc1C(=O)Nc1nc(C(=O)NCCN(C)C)cs1. The van der Waals surface area contributed by atoms with E-state index in [0.29, 0.717) is 26.2 Å². The normalized spacial score (nSPS) is 10.9. The van der Waals surface area contributed by atoms with Crippen molar-refractivity contribution in [3.63, 3.8) is 0 Å². The van der Waals surface area contributed by atoms with Crippen LogP contribution in [0.15, 0.2) is 59.3 Å². The van der Waals surface area contributed by atoms with Crippen molar-refractivity contribution in [2.45, 2.75) is 0 Å². The zero-order valence-electron chi connectivity index (χ0n) is 31.3. The van der Waals surface area contributed by atoms with Gasteiger partial charge in [-0.15, -0.1) is 22.7 Å². The van der Waals surface area contributed by atoms with Gasteiger partial charge in [0.2, 0.25) is 0 Å². The van der Waals surface area contributed by atoms with Gasteiger partial charge in [0.25, 0.3) is 23.6 Å². The van der Waals surface area contributed by atoms with Crippen LogP contribution in [0, 0.1) is 0 Å². The van der Waals surface area contributed by atoms with Crippen molar-refractivity contribution >= 4 is 68.5 Å². The molecule has 18 nitrogen and oxygen atoms in total. The highest BCUT2D eigenvalue weighted by Gasteiger charge is 2.23. The third-order valence-corrected chi connectivity index (χ3v) is 8.77. The number of carbonyl (C=O) groups is 6. The number of amides is 4. The van der Waals surface area contributed by atoms with Gasteiger partial charge in [-0.25, -0.2) is 19.6 Å². The molecule has 4 N–H and O–H groups in total. The number of anilines is 2. The number of para-hydroxylation sites is 2. The second kappa shape index (κ2) is 20.5. The van der Waals surface area contributed by atoms with Crippen LogP contribution in [0.2, 0.25) is 0 Å². The molecule has 0 fully saturated rings. The summed E-state index contributed by atoms with van der Waals surface area (Å²) in [5.74, 6) is -4.84. The molecule has 20 heteroatoms. The summed E-state index contributed by atoms with van der Waals surface area (Å²) in [6.07, 6.45) is 1.52. The summed E-state index contributed by atoms with van der Waals surface area (Å²) in [7, 11) is 10.1. The van der Waals surface area contributed by atoms with E-state index < -0.39 is 35.6 Å². The molecule has 0 bridgehead atoms. The maximum atomic E-state index is 13.3. The quantitative estimate of drug-likeness (QED) is 0.0646. The number of ether oxygens (including phenoxy) is 4. The van der Waals surface area contributed by atoms with E-state index >= 15 is 0 Å². The number of esters is 2. The van der Waals surface area contributed by atoms with Crippen molar-refractivity contribution in [1.82, 2.24) is 30.4 Å². The van der Waals surface area contributed by atoms with Gasteiger partial charge in [0.15, 0.2) is 33.3 Å². The Labute approximate surface area is 329 Å². The molecule has 2 aromatic carbocycles. The molecule has 4 amide bonds. The lowest BCUT2D eigenvalue weighted by atomic mass is 10.1. The van der Waals surface area contributed by atoms with Crippen LogP contribution in [0.5, 0.6) is 23.0 Å². The Kier molecular flexibility index (Phi) is 15.5. The van der Waals surface area contributed by atoms with Gasteiger partial charge in [-0.05, 0) is 52.5 Å². The van der Waals surface area contributed by atoms with Crippen LogP contribution in [0.4, 0.5) is 10.3 Å². The first kappa shape index (κ1) is 42.5. The number of nitrogens with one attached hydrogen (secondary N) is 4. The first-order valence-electron chi connectivity index (χ1n) is 16.6. The van der Waals surface area contributed by atoms with E-state index in [-0.39, 0.29) is 55.8 Å². The fraction of sp³-hybridized carbons (Fsp3) is 0.278. The number of hydrogen-bond donors (Lipinski definition) is 4. The highest BCUT2D eigenvalue weighted by atomic mass is 32.1. The summed E-state index contributed by atoms with van der Waals surface area (Å²) in [5, 5.41) is 13.9. The van der Waals surface area contributed by atoms with Gasteiger partial charge in [-0.3, -0.25) is 29.8 Å². The lowest BCUT2D eigenvalue weighted by molar-refractivity contribution is -0.131. The van der Waals surface area contributed by atoms with E-state index in [4.69, 9.17) is 18.9 Å². The zero-order chi connectivity index (χ0) is 40.8. The topological polar surface area (TPSA) is 220 Å². The summed E-state index contributed by atoms with van der Waals surface area (Å²) >= 11 is 2.05. The van der Waals surface area contributed by atoms with E-state index in [9.17, 15) is 28.8 Å². The van der Waals surface area contributed by atoms with Crippen molar-refractivity contribution in [3.8, 4) is 23.0 Å². The third kappa shape index (κ3) is 12.1. The fourth-order valence-electron chi connectivity index (χ4n) is 4.49. The smallest absolute Gasteiger partial charge is 0.336 e. The van der Waals surface area contributed by atoms with Crippen molar-refractivity contribution < 1.29 is 47.7 Å². The van der Waals surface area contributed by atoms with Gasteiger partial charge in [-0.1, -0.05) is 12.1 Å². The average molecular weight is 809 g/mol. The summed E-state index contributed by atoms with van der Waals surface area (Å²) in [6, 6.07) is 8.68. The molecule has 0 aliphatic heterocycles. The van der Waals surface area contributed by atoms with Gasteiger partial charge >= 0.3 is 11.9 Å². The lowest BCUT2D eigenvalue weighted by Crippen LogP contribution is -2.31. The Bertz CT molecular complexity index is 1950. The van der Waals surface area contributed by atoms with Gasteiger partial charge in [0.1, 0.15) is 11.4 Å². The third-order valence-electron chi connectivity index (χ3n) is 7.25. The number of thiazole rings is 2. The number of aromatic nitrogens is 2. The predicted octanol–water partition coefficient (Wildman–Crippen LogP) is 2.77. The van der Waals surface area contributed by atoms with Crippen LogP contribution in [0.3, 0.4) is 0 Å². The molecular weight excluding hydrogens is 769 g/mol. The number of hydrogen-bond acceptors (Lipinski definition) is 16. The van der Waals surface area contributed by atoms with Crippen LogP contribution in [-0.2, 0) is 9.59 Å². The Hall–Kier alpha value is -6.22. The first-order chi connectivity index (χ1) is 26.8. The standard InChI is InChI=1S/C36H40N8O10S2/c1-43(2)17-15-37-33(49)23-19-55-35(39-23)41-31(47)21-9-7-11-25(51-5)29(21)53-27(45)13-14-28(46)54-30-22(10-8-12-26(30)52-6)32(48)42-36-40-24(20-56-36)34(50)38-16-18-44(3)4/h7-14,19-20H,15-18H2,1-6H3,(H,37,49)(H,38,50)(H,39,41,47)(H,40,42,48)/b14-13-. The average Bonchev–Trinajstić information content (AvgIpc) is 3.84. The zero-order valence-corrected chi connectivity index (χ0v) is 32.9. The van der Waals surface area contributed by atoms with E-state index in [2.05, 4.69) is 31.2 Å². The lowest BCUT2D eigenvalue weighted by Gasteiger charge is -2.13. The largest absolute Gasteiger partial charge is 0.493 e. The van der Waals surface area contributed by atoms with Crippen LogP contribution in [0.1, 0.15) is 41.7 Å². The molecule has 0 aliphatic carbocycles. The molecule has 0 atom stereocenters. The minimum atomic E-state index is -1.07. The van der Waals surface area contributed by atoms with Crippen molar-refractivity contribution in [2.24, 2.45) is 0 Å². The fourth-order valence-corrected chi connectivity index (χ4v) is 5.86. The summed E-state index contributed by atoms with van der Waals surface area (Å²) in [6.45, 7) is 2.08. The van der Waals surface area contributed by atoms with Crippen LogP contribution in [0.25, 0.3) is 0 Å². The van der Waals surface area contributed by atoms with Crippen molar-refractivity contribution in [1.29, 1.82) is 0 Å². The molecule has 2 heterocycles. The molecule has 0 unspecified atom stereocenters. The van der Waals surface area contributed by atoms with Gasteiger partial charge in [0, 0.05) is 49.1 Å². The Morgan fingerprint density at radius 1 is 0.625 bits per heavy atom. The van der Waals surface area contributed by atoms with E-state index in [1.54, 1.807) is 0 Å². The molecule has 0 saturated carbocycles. The molecule has 4 rings (SSSR count). The van der Waals surface area contributed by atoms with Crippen LogP contribution in [-0.4, -0.2) is 124 Å². The maximum absolute atomic E-state index is 13.3. The van der Waals surface area contributed by atoms with Crippen LogP contribution >= 0.6 is 22.7 Å². The van der Waals surface area contributed by atoms with E-state index in [1.807, 2.05) is 38.0 Å². The van der Waals surface area contributed by atoms with Crippen molar-refractivity contribution in [2.75, 3.05) is 79.2 Å². The number of benzene rings is 2. The number of methoxy groups -OCH3 is 2. The second-order valence-electron chi connectivity index (χ2n) is 12.0. The number of nitrogens with zero attached hydrogens (tertiary/aromatic N) is 4. The van der Waals surface area contributed by atoms with Crippen molar-refractivity contribution in [3.05, 3.63) is 81.8 Å². The maximum Gasteiger partial charge on any atom is 0.336 e. The predicted molar refractivity (Wildman–Crippen MR) is 208 cm³/mol. The minimum absolute atomic E-state index is 0.0315. The van der Waals surface area contributed by atoms with Crippen LogP contribution < -0.4 is 40.2 Å². The minimum Gasteiger partial charge on any atom is -0.493 e. The first-order valence-corrected chi connectivity index (χ1v) is 18.4. The monoisotopic (exact) mass is 808 g/mol. The summed E-state index contributed by atoms with van der Waals surface area (Å²) in [5.41, 5.74) is 0.0144.